The van der Waals surface area contributed by atoms with E-state index >= 15 is 0 Å². The first kappa shape index (κ1) is 10.5. The summed E-state index contributed by atoms with van der Waals surface area (Å²) >= 11 is 0. The molecule has 1 aliphatic rings. The molecule has 4 N–H and O–H groups in total. The molecule has 0 aliphatic carbocycles. The number of hydrogen-bond acceptors (Lipinski definition) is 3. The summed E-state index contributed by atoms with van der Waals surface area (Å²) in [6.45, 7) is 4.30. The van der Waals surface area contributed by atoms with Gasteiger partial charge in [0.1, 0.15) is 0 Å². The molecule has 0 aromatic heterocycles. The zero-order chi connectivity index (χ0) is 9.84. The van der Waals surface area contributed by atoms with E-state index in [0.29, 0.717) is 12.5 Å². The van der Waals surface area contributed by atoms with E-state index in [9.17, 15) is 4.79 Å². The van der Waals surface area contributed by atoms with Crippen molar-refractivity contribution in [3.8, 4) is 0 Å². The third kappa shape index (κ3) is 3.32. The molecule has 2 atom stereocenters. The molecule has 2 unspecified atom stereocenters. The average Bonchev–Trinajstić information content (AvgIpc) is 2.03. The first-order chi connectivity index (χ1) is 6.09. The van der Waals surface area contributed by atoms with E-state index < -0.39 is 0 Å². The Hall–Kier alpha value is -0.610. The smallest absolute Gasteiger partial charge is 0.231 e. The Labute approximate surface area is 79.3 Å². The molecule has 1 amide bonds. The molecule has 0 aromatic carbocycles. The molecule has 0 aromatic rings. The van der Waals surface area contributed by atoms with Crippen LogP contribution in [-0.4, -0.2) is 36.5 Å². The summed E-state index contributed by atoms with van der Waals surface area (Å²) < 4.78 is 0. The minimum Gasteiger partial charge on any atom is -0.369 e. The third-order valence-electron chi connectivity index (χ3n) is 2.66. The van der Waals surface area contributed by atoms with Gasteiger partial charge in [-0.05, 0) is 32.2 Å². The summed E-state index contributed by atoms with van der Waals surface area (Å²) in [5, 5.41) is 0. The predicted octanol–water partition coefficient (Wildman–Crippen LogP) is -0.469. The molecule has 76 valence electrons. The number of primary amides is 1. The zero-order valence-electron chi connectivity index (χ0n) is 8.20. The molecule has 1 saturated heterocycles. The highest BCUT2D eigenvalue weighted by atomic mass is 16.1. The summed E-state index contributed by atoms with van der Waals surface area (Å²) in [7, 11) is 0. The van der Waals surface area contributed by atoms with E-state index in [4.69, 9.17) is 11.5 Å². The minimum absolute atomic E-state index is 0.218. The number of carbonyl (C=O) groups excluding carboxylic acids is 1. The van der Waals surface area contributed by atoms with Crippen molar-refractivity contribution in [2.45, 2.75) is 25.8 Å². The Kier molecular flexibility index (Phi) is 3.69. The molecular formula is C9H19N3O. The van der Waals surface area contributed by atoms with Crippen molar-refractivity contribution in [1.29, 1.82) is 0 Å². The first-order valence-electron chi connectivity index (χ1n) is 4.86. The van der Waals surface area contributed by atoms with Crippen LogP contribution in [0.2, 0.25) is 0 Å². The van der Waals surface area contributed by atoms with Crippen LogP contribution in [0, 0.1) is 5.92 Å². The average molecular weight is 185 g/mol. The van der Waals surface area contributed by atoms with Crippen molar-refractivity contribution < 1.29 is 4.79 Å². The molecule has 1 heterocycles. The zero-order valence-corrected chi connectivity index (χ0v) is 8.20. The number of amides is 1. The summed E-state index contributed by atoms with van der Waals surface area (Å²) in [5.74, 6) is 0.276. The second-order valence-electron chi connectivity index (χ2n) is 3.96. The van der Waals surface area contributed by atoms with Gasteiger partial charge in [-0.2, -0.15) is 0 Å². The standard InChI is InChI=1S/C9H19N3O/c1-7(10)8-3-2-4-12(5-8)6-9(11)13/h7-8H,2-6,10H2,1H3,(H2,11,13). The highest BCUT2D eigenvalue weighted by Gasteiger charge is 2.22. The van der Waals surface area contributed by atoms with Gasteiger partial charge in [0, 0.05) is 12.6 Å². The van der Waals surface area contributed by atoms with Crippen LogP contribution in [0.25, 0.3) is 0 Å². The van der Waals surface area contributed by atoms with Crippen molar-refractivity contribution >= 4 is 5.91 Å². The van der Waals surface area contributed by atoms with Gasteiger partial charge in [-0.25, -0.2) is 0 Å². The predicted molar refractivity (Wildman–Crippen MR) is 52.0 cm³/mol. The molecule has 0 saturated carbocycles. The number of rotatable bonds is 3. The molecule has 0 spiro atoms. The quantitative estimate of drug-likeness (QED) is 0.624. The lowest BCUT2D eigenvalue weighted by molar-refractivity contribution is -0.119. The molecule has 1 rings (SSSR count). The normalized spacial score (nSPS) is 27.1. The number of likely N-dealkylation sites (tertiary alicyclic amines) is 1. The Bertz CT molecular complexity index is 182. The van der Waals surface area contributed by atoms with Crippen LogP contribution in [0.1, 0.15) is 19.8 Å². The van der Waals surface area contributed by atoms with Crippen LogP contribution in [0.15, 0.2) is 0 Å². The Balaban J connectivity index is 2.37. The summed E-state index contributed by atoms with van der Waals surface area (Å²) in [5.41, 5.74) is 11.0. The van der Waals surface area contributed by atoms with E-state index in [-0.39, 0.29) is 11.9 Å². The van der Waals surface area contributed by atoms with E-state index in [1.165, 1.54) is 6.42 Å². The van der Waals surface area contributed by atoms with Crippen LogP contribution in [-0.2, 0) is 4.79 Å². The fraction of sp³-hybridized carbons (Fsp3) is 0.889. The van der Waals surface area contributed by atoms with Gasteiger partial charge >= 0.3 is 0 Å². The van der Waals surface area contributed by atoms with Crippen molar-refractivity contribution in [2.24, 2.45) is 17.4 Å². The Morgan fingerprint density at radius 1 is 1.69 bits per heavy atom. The summed E-state index contributed by atoms with van der Waals surface area (Å²) in [6.07, 6.45) is 2.30. The van der Waals surface area contributed by atoms with Crippen LogP contribution < -0.4 is 11.5 Å². The molecule has 1 fully saturated rings. The molecular weight excluding hydrogens is 166 g/mol. The number of nitrogens with zero attached hydrogens (tertiary/aromatic N) is 1. The largest absolute Gasteiger partial charge is 0.369 e. The molecule has 4 nitrogen and oxygen atoms in total. The summed E-state index contributed by atoms with van der Waals surface area (Å²) in [6, 6.07) is 0.218. The van der Waals surface area contributed by atoms with Crippen molar-refractivity contribution in [3.05, 3.63) is 0 Å². The van der Waals surface area contributed by atoms with E-state index in [0.717, 1.165) is 19.5 Å². The van der Waals surface area contributed by atoms with Gasteiger partial charge in [0.2, 0.25) is 5.91 Å². The SMILES string of the molecule is CC(N)C1CCCN(CC(N)=O)C1. The van der Waals surface area contributed by atoms with Gasteiger partial charge in [0.15, 0.2) is 0 Å². The maximum absolute atomic E-state index is 10.7. The molecule has 13 heavy (non-hydrogen) atoms. The topological polar surface area (TPSA) is 72.3 Å². The van der Waals surface area contributed by atoms with Gasteiger partial charge < -0.3 is 11.5 Å². The number of nitrogens with two attached hydrogens (primary N) is 2. The summed E-state index contributed by atoms with van der Waals surface area (Å²) in [4.78, 5) is 12.8. The fourth-order valence-corrected chi connectivity index (χ4v) is 1.88. The monoisotopic (exact) mass is 185 g/mol. The van der Waals surface area contributed by atoms with Crippen molar-refractivity contribution in [3.63, 3.8) is 0 Å². The number of piperidine rings is 1. The van der Waals surface area contributed by atoms with E-state index in [2.05, 4.69) is 4.90 Å². The Morgan fingerprint density at radius 2 is 2.38 bits per heavy atom. The van der Waals surface area contributed by atoms with Crippen LogP contribution in [0.5, 0.6) is 0 Å². The number of carbonyl (C=O) groups is 1. The molecule has 4 heteroatoms. The van der Waals surface area contributed by atoms with Crippen LogP contribution in [0.3, 0.4) is 0 Å². The maximum atomic E-state index is 10.7. The van der Waals surface area contributed by atoms with Crippen molar-refractivity contribution in [1.82, 2.24) is 4.90 Å². The molecule has 0 radical (unpaired) electrons. The highest BCUT2D eigenvalue weighted by Crippen LogP contribution is 2.17. The first-order valence-corrected chi connectivity index (χ1v) is 4.86. The minimum atomic E-state index is -0.245. The van der Waals surface area contributed by atoms with Gasteiger partial charge in [0.25, 0.3) is 0 Å². The second-order valence-corrected chi connectivity index (χ2v) is 3.96. The second kappa shape index (κ2) is 4.58. The van der Waals surface area contributed by atoms with E-state index in [1.807, 2.05) is 6.92 Å². The third-order valence-corrected chi connectivity index (χ3v) is 2.66. The lowest BCUT2D eigenvalue weighted by Gasteiger charge is -2.33. The maximum Gasteiger partial charge on any atom is 0.231 e. The molecule has 1 aliphatic heterocycles. The lowest BCUT2D eigenvalue weighted by Crippen LogP contribution is -2.45. The van der Waals surface area contributed by atoms with E-state index in [1.54, 1.807) is 0 Å². The Morgan fingerprint density at radius 3 is 2.92 bits per heavy atom. The fourth-order valence-electron chi connectivity index (χ4n) is 1.88. The van der Waals surface area contributed by atoms with Crippen molar-refractivity contribution in [2.75, 3.05) is 19.6 Å². The lowest BCUT2D eigenvalue weighted by atomic mass is 9.92. The van der Waals surface area contributed by atoms with Crippen LogP contribution in [0.4, 0.5) is 0 Å². The van der Waals surface area contributed by atoms with Gasteiger partial charge in [-0.1, -0.05) is 0 Å². The molecule has 0 bridgehead atoms. The van der Waals surface area contributed by atoms with Crippen LogP contribution >= 0.6 is 0 Å². The highest BCUT2D eigenvalue weighted by molar-refractivity contribution is 5.75. The van der Waals surface area contributed by atoms with Gasteiger partial charge in [-0.3, -0.25) is 9.69 Å². The van der Waals surface area contributed by atoms with Gasteiger partial charge in [0.05, 0.1) is 6.54 Å². The van der Waals surface area contributed by atoms with Gasteiger partial charge in [-0.15, -0.1) is 0 Å². The number of hydrogen-bond donors (Lipinski definition) is 2.